The zero-order valence-corrected chi connectivity index (χ0v) is 17.3. The predicted octanol–water partition coefficient (Wildman–Crippen LogP) is 4.63. The molecule has 1 N–H and O–H groups in total. The largest absolute Gasteiger partial charge is 0.494 e. The lowest BCUT2D eigenvalue weighted by molar-refractivity contribution is 0.102. The van der Waals surface area contributed by atoms with E-state index in [-0.39, 0.29) is 5.91 Å². The van der Waals surface area contributed by atoms with Crippen molar-refractivity contribution in [1.29, 1.82) is 0 Å². The highest BCUT2D eigenvalue weighted by Gasteiger charge is 2.18. The van der Waals surface area contributed by atoms with Crippen LogP contribution in [0.1, 0.15) is 35.8 Å². The second kappa shape index (κ2) is 9.07. The number of hydrogen-bond donors (Lipinski definition) is 1. The SMILES string of the molecule is CC1CC1.COc1cnc(Cl)cc1-c1cc(C)ncc1C(=O)Nc1nncs1. The molecule has 0 unspecified atom stereocenters. The normalized spacial score (nSPS) is 12.7. The molecule has 1 saturated carbocycles. The molecule has 28 heavy (non-hydrogen) atoms. The van der Waals surface area contributed by atoms with E-state index in [0.29, 0.717) is 32.7 Å². The Morgan fingerprint density at radius 3 is 2.61 bits per heavy atom. The summed E-state index contributed by atoms with van der Waals surface area (Å²) in [7, 11) is 1.53. The third kappa shape index (κ3) is 5.24. The van der Waals surface area contributed by atoms with Crippen LogP contribution in [0.25, 0.3) is 11.1 Å². The van der Waals surface area contributed by atoms with Gasteiger partial charge in [-0.3, -0.25) is 15.1 Å². The smallest absolute Gasteiger partial charge is 0.259 e. The van der Waals surface area contributed by atoms with Gasteiger partial charge in [0.15, 0.2) is 0 Å². The first-order valence-electron chi connectivity index (χ1n) is 8.72. The lowest BCUT2D eigenvalue weighted by atomic mass is 10.0. The van der Waals surface area contributed by atoms with Crippen molar-refractivity contribution in [2.24, 2.45) is 5.92 Å². The number of amides is 1. The number of carbonyl (C=O) groups excluding carboxylic acids is 1. The number of anilines is 1. The van der Waals surface area contributed by atoms with Gasteiger partial charge in [0.2, 0.25) is 5.13 Å². The molecule has 0 bridgehead atoms. The molecule has 0 aromatic carbocycles. The first-order valence-corrected chi connectivity index (χ1v) is 9.97. The third-order valence-corrected chi connectivity index (χ3v) is 4.89. The minimum atomic E-state index is -0.343. The van der Waals surface area contributed by atoms with Crippen LogP contribution in [0.4, 0.5) is 5.13 Å². The van der Waals surface area contributed by atoms with E-state index >= 15 is 0 Å². The molecular formula is C19H20ClN5O2S. The first kappa shape index (κ1) is 20.2. The molecule has 146 valence electrons. The van der Waals surface area contributed by atoms with Crippen LogP contribution < -0.4 is 10.1 Å². The minimum absolute atomic E-state index is 0.302. The Bertz CT molecular complexity index is 961. The highest BCUT2D eigenvalue weighted by atomic mass is 35.5. The second-order valence-corrected chi connectivity index (χ2v) is 7.68. The number of halogens is 1. The molecule has 1 aliphatic rings. The molecule has 0 saturated heterocycles. The molecule has 0 aliphatic heterocycles. The summed E-state index contributed by atoms with van der Waals surface area (Å²) in [6.45, 7) is 4.12. The maximum atomic E-state index is 12.6. The summed E-state index contributed by atoms with van der Waals surface area (Å²) in [5.74, 6) is 1.25. The third-order valence-electron chi connectivity index (χ3n) is 4.08. The minimum Gasteiger partial charge on any atom is -0.494 e. The zero-order valence-electron chi connectivity index (χ0n) is 15.8. The molecule has 4 rings (SSSR count). The Hall–Kier alpha value is -2.58. The van der Waals surface area contributed by atoms with Crippen LogP contribution in [-0.4, -0.2) is 33.2 Å². The number of ether oxygens (including phenoxy) is 1. The molecule has 1 fully saturated rings. The number of carbonyl (C=O) groups is 1. The summed E-state index contributed by atoms with van der Waals surface area (Å²) in [4.78, 5) is 20.8. The maximum absolute atomic E-state index is 12.6. The summed E-state index contributed by atoms with van der Waals surface area (Å²) in [6.07, 6.45) is 5.99. The van der Waals surface area contributed by atoms with Crippen molar-refractivity contribution in [3.63, 3.8) is 0 Å². The Morgan fingerprint density at radius 1 is 1.25 bits per heavy atom. The number of nitrogens with zero attached hydrogens (tertiary/aromatic N) is 4. The summed E-state index contributed by atoms with van der Waals surface area (Å²) in [5.41, 5.74) is 3.97. The summed E-state index contributed by atoms with van der Waals surface area (Å²) >= 11 is 7.24. The predicted molar refractivity (Wildman–Crippen MR) is 110 cm³/mol. The molecule has 0 radical (unpaired) electrons. The van der Waals surface area contributed by atoms with E-state index in [1.165, 1.54) is 49.2 Å². The number of pyridine rings is 2. The van der Waals surface area contributed by atoms with E-state index in [4.69, 9.17) is 16.3 Å². The average molecular weight is 418 g/mol. The topological polar surface area (TPSA) is 89.9 Å². The molecule has 3 aromatic rings. The van der Waals surface area contributed by atoms with Crippen molar-refractivity contribution in [2.45, 2.75) is 26.7 Å². The molecule has 1 amide bonds. The van der Waals surface area contributed by atoms with Gasteiger partial charge in [-0.2, -0.15) is 0 Å². The summed E-state index contributed by atoms with van der Waals surface area (Å²) in [6, 6.07) is 3.44. The van der Waals surface area contributed by atoms with E-state index in [1.807, 2.05) is 6.92 Å². The van der Waals surface area contributed by atoms with Crippen molar-refractivity contribution < 1.29 is 9.53 Å². The van der Waals surface area contributed by atoms with Gasteiger partial charge >= 0.3 is 0 Å². The highest BCUT2D eigenvalue weighted by Crippen LogP contribution is 2.34. The van der Waals surface area contributed by atoms with Gasteiger partial charge in [0.05, 0.1) is 18.9 Å². The number of rotatable bonds is 4. The van der Waals surface area contributed by atoms with E-state index in [9.17, 15) is 4.79 Å². The van der Waals surface area contributed by atoms with E-state index in [2.05, 4.69) is 32.4 Å². The molecular weight excluding hydrogens is 398 g/mol. The molecule has 1 aliphatic carbocycles. The van der Waals surface area contributed by atoms with E-state index in [1.54, 1.807) is 12.1 Å². The van der Waals surface area contributed by atoms with Gasteiger partial charge in [-0.15, -0.1) is 10.2 Å². The average Bonchev–Trinajstić information content (AvgIpc) is 3.29. The van der Waals surface area contributed by atoms with E-state index < -0.39 is 0 Å². The van der Waals surface area contributed by atoms with Crippen molar-refractivity contribution >= 4 is 34.0 Å². The quantitative estimate of drug-likeness (QED) is 0.622. The Balaban J connectivity index is 0.000000500. The van der Waals surface area contributed by atoms with Crippen LogP contribution in [0.3, 0.4) is 0 Å². The fourth-order valence-electron chi connectivity index (χ4n) is 2.31. The molecule has 7 nitrogen and oxygen atoms in total. The monoisotopic (exact) mass is 417 g/mol. The van der Waals surface area contributed by atoms with Crippen LogP contribution in [0.5, 0.6) is 5.75 Å². The van der Waals surface area contributed by atoms with E-state index in [0.717, 1.165) is 11.6 Å². The van der Waals surface area contributed by atoms with Crippen molar-refractivity contribution in [3.8, 4) is 16.9 Å². The highest BCUT2D eigenvalue weighted by molar-refractivity contribution is 7.13. The Kier molecular flexibility index (Phi) is 6.53. The number of aryl methyl sites for hydroxylation is 1. The van der Waals surface area contributed by atoms with Crippen molar-refractivity contribution in [2.75, 3.05) is 12.4 Å². The van der Waals surface area contributed by atoms with Gasteiger partial charge in [-0.05, 0) is 25.0 Å². The summed E-state index contributed by atoms with van der Waals surface area (Å²) in [5, 5.41) is 10.9. The lowest BCUT2D eigenvalue weighted by Gasteiger charge is -2.13. The van der Waals surface area contributed by atoms with Crippen LogP contribution in [-0.2, 0) is 0 Å². The van der Waals surface area contributed by atoms with Crippen LogP contribution in [0, 0.1) is 12.8 Å². The molecule has 9 heteroatoms. The van der Waals surface area contributed by atoms with Gasteiger partial charge < -0.3 is 4.74 Å². The van der Waals surface area contributed by atoms with Crippen LogP contribution >= 0.6 is 22.9 Å². The number of aromatic nitrogens is 4. The second-order valence-electron chi connectivity index (χ2n) is 6.46. The standard InChI is InChI=1S/C15H12ClN5O2S.C4H8/c1-8-3-9(10-4-13(16)18-6-12(10)23-2)11(5-17-8)14(22)20-15-21-19-7-24-15;1-4-2-3-4/h3-7H,1-2H3,(H,20,21,22);4H,2-3H2,1H3. The van der Waals surface area contributed by atoms with Crippen molar-refractivity contribution in [1.82, 2.24) is 20.2 Å². The first-order chi connectivity index (χ1) is 13.5. The zero-order chi connectivity index (χ0) is 20.1. The fourth-order valence-corrected chi connectivity index (χ4v) is 2.91. The van der Waals surface area contributed by atoms with Gasteiger partial charge in [-0.25, -0.2) is 4.98 Å². The Labute approximate surface area is 172 Å². The van der Waals surface area contributed by atoms with Gasteiger partial charge in [0.1, 0.15) is 16.4 Å². The number of methoxy groups -OCH3 is 1. The molecule has 3 heterocycles. The molecule has 0 atom stereocenters. The van der Waals surface area contributed by atoms with Gasteiger partial charge in [0, 0.05) is 23.0 Å². The van der Waals surface area contributed by atoms with Gasteiger partial charge in [-0.1, -0.05) is 42.7 Å². The fraction of sp³-hybridized carbons (Fsp3) is 0.316. The maximum Gasteiger partial charge on any atom is 0.259 e. The lowest BCUT2D eigenvalue weighted by Crippen LogP contribution is -2.14. The molecule has 3 aromatic heterocycles. The number of hydrogen-bond acceptors (Lipinski definition) is 7. The molecule has 0 spiro atoms. The van der Waals surface area contributed by atoms with Crippen molar-refractivity contribution in [3.05, 3.63) is 46.4 Å². The van der Waals surface area contributed by atoms with Crippen LogP contribution in [0.15, 0.2) is 30.0 Å². The van der Waals surface area contributed by atoms with Gasteiger partial charge in [0.25, 0.3) is 5.91 Å². The summed E-state index contributed by atoms with van der Waals surface area (Å²) < 4.78 is 5.34. The van der Waals surface area contributed by atoms with Crippen LogP contribution in [0.2, 0.25) is 5.15 Å². The number of nitrogens with one attached hydrogen (secondary N) is 1. The Morgan fingerprint density at radius 2 is 2.00 bits per heavy atom.